The normalized spacial score (nSPS) is 11.5. The van der Waals surface area contributed by atoms with Gasteiger partial charge in [0, 0.05) is 11.3 Å². The average molecular weight is 347 g/mol. The van der Waals surface area contributed by atoms with Crippen LogP contribution >= 0.6 is 11.3 Å². The molecule has 1 amide bonds. The predicted molar refractivity (Wildman–Crippen MR) is 93.0 cm³/mol. The number of thiophene rings is 1. The second-order valence-electron chi connectivity index (χ2n) is 5.18. The van der Waals surface area contributed by atoms with Crippen molar-refractivity contribution in [3.8, 4) is 5.75 Å². The van der Waals surface area contributed by atoms with E-state index in [4.69, 9.17) is 9.47 Å². The van der Waals surface area contributed by atoms with Gasteiger partial charge in [-0.05, 0) is 30.0 Å². The second-order valence-corrected chi connectivity index (χ2v) is 6.16. The van der Waals surface area contributed by atoms with Gasteiger partial charge in [-0.1, -0.05) is 24.3 Å². The van der Waals surface area contributed by atoms with Crippen molar-refractivity contribution >= 4 is 23.2 Å². The molecule has 1 heterocycles. The largest absolute Gasteiger partial charge is 0.494 e. The molecule has 0 aliphatic rings. The molecule has 24 heavy (non-hydrogen) atoms. The molecule has 0 unspecified atom stereocenters. The zero-order valence-corrected chi connectivity index (χ0v) is 14.4. The maximum Gasteiger partial charge on any atom is 0.307 e. The van der Waals surface area contributed by atoms with E-state index < -0.39 is 0 Å². The van der Waals surface area contributed by atoms with E-state index in [-0.39, 0.29) is 24.3 Å². The summed E-state index contributed by atoms with van der Waals surface area (Å²) in [4.78, 5) is 24.6. The van der Waals surface area contributed by atoms with Crippen LogP contribution in [0.25, 0.3) is 0 Å². The molecule has 0 radical (unpaired) electrons. The van der Waals surface area contributed by atoms with Crippen molar-refractivity contribution in [2.45, 2.75) is 25.3 Å². The molecule has 2 aromatic rings. The van der Waals surface area contributed by atoms with Gasteiger partial charge in [-0.25, -0.2) is 0 Å². The molecule has 1 N–H and O–H groups in total. The molecule has 0 fully saturated rings. The molecule has 1 aromatic carbocycles. The molecule has 128 valence electrons. The van der Waals surface area contributed by atoms with Gasteiger partial charge in [0.25, 0.3) is 0 Å². The van der Waals surface area contributed by atoms with Gasteiger partial charge in [0.2, 0.25) is 5.91 Å². The highest BCUT2D eigenvalue weighted by atomic mass is 32.1. The summed E-state index contributed by atoms with van der Waals surface area (Å²) in [6, 6.07) is 12.9. The van der Waals surface area contributed by atoms with Gasteiger partial charge in [0.05, 0.1) is 26.2 Å². The third-order valence-electron chi connectivity index (χ3n) is 3.38. The Bertz CT molecular complexity index is 628. The number of nitrogens with one attached hydrogen (secondary N) is 1. The smallest absolute Gasteiger partial charge is 0.307 e. The van der Waals surface area contributed by atoms with Gasteiger partial charge < -0.3 is 14.8 Å². The maximum absolute atomic E-state index is 12.1. The van der Waals surface area contributed by atoms with Crippen LogP contribution in [-0.2, 0) is 14.3 Å². The summed E-state index contributed by atoms with van der Waals surface area (Å²) >= 11 is 1.50. The van der Waals surface area contributed by atoms with Crippen molar-refractivity contribution in [2.24, 2.45) is 0 Å². The van der Waals surface area contributed by atoms with Crippen LogP contribution in [0.15, 0.2) is 47.8 Å². The second kappa shape index (κ2) is 9.72. The summed E-state index contributed by atoms with van der Waals surface area (Å²) in [7, 11) is 1.34. The summed E-state index contributed by atoms with van der Waals surface area (Å²) in [5.41, 5.74) is 0. The lowest BCUT2D eigenvalue weighted by Crippen LogP contribution is -2.30. The summed E-state index contributed by atoms with van der Waals surface area (Å²) in [5.74, 6) is 0.343. The molecule has 0 aliphatic heterocycles. The first kappa shape index (κ1) is 18.0. The van der Waals surface area contributed by atoms with E-state index >= 15 is 0 Å². The van der Waals surface area contributed by atoms with E-state index in [9.17, 15) is 9.59 Å². The number of carbonyl (C=O) groups excluding carboxylic acids is 2. The topological polar surface area (TPSA) is 64.6 Å². The van der Waals surface area contributed by atoms with Gasteiger partial charge in [-0.3, -0.25) is 9.59 Å². The minimum Gasteiger partial charge on any atom is -0.494 e. The molecule has 0 bridgehead atoms. The number of hydrogen-bond donors (Lipinski definition) is 1. The Balaban J connectivity index is 1.76. The lowest BCUT2D eigenvalue weighted by atomic mass is 10.1. The monoisotopic (exact) mass is 347 g/mol. The fourth-order valence-corrected chi connectivity index (χ4v) is 2.95. The van der Waals surface area contributed by atoms with Gasteiger partial charge in [0.15, 0.2) is 0 Å². The van der Waals surface area contributed by atoms with E-state index in [1.807, 2.05) is 47.8 Å². The highest BCUT2D eigenvalue weighted by Crippen LogP contribution is 2.22. The number of esters is 1. The van der Waals surface area contributed by atoms with Crippen LogP contribution in [0.1, 0.15) is 30.2 Å². The molecular formula is C18H21NO4S. The Morgan fingerprint density at radius 2 is 1.96 bits per heavy atom. The molecule has 0 spiro atoms. The van der Waals surface area contributed by atoms with E-state index in [0.717, 1.165) is 10.6 Å². The molecule has 0 aliphatic carbocycles. The van der Waals surface area contributed by atoms with Crippen LogP contribution < -0.4 is 10.1 Å². The first-order chi connectivity index (χ1) is 11.7. The van der Waals surface area contributed by atoms with Gasteiger partial charge in [0.1, 0.15) is 5.75 Å². The zero-order chi connectivity index (χ0) is 17.2. The Morgan fingerprint density at radius 1 is 1.17 bits per heavy atom. The SMILES string of the molecule is COC(=O)C[C@H](NC(=O)CCCOc1ccccc1)c1cccs1. The van der Waals surface area contributed by atoms with Crippen LogP contribution in [0.5, 0.6) is 5.75 Å². The first-order valence-corrected chi connectivity index (χ1v) is 8.64. The van der Waals surface area contributed by atoms with Crippen LogP contribution in [0.4, 0.5) is 0 Å². The fourth-order valence-electron chi connectivity index (χ4n) is 2.17. The molecule has 2 rings (SSSR count). The standard InChI is InChI=1S/C18H21NO4S/c1-22-18(21)13-15(16-9-6-12-24-16)19-17(20)10-5-11-23-14-7-3-2-4-8-14/h2-4,6-9,12,15H,5,10-11,13H2,1H3,(H,19,20)/t15-/m0/s1. The summed E-state index contributed by atoms with van der Waals surface area (Å²) in [6.07, 6.45) is 1.08. The van der Waals surface area contributed by atoms with E-state index in [2.05, 4.69) is 5.32 Å². The molecule has 6 heteroatoms. The summed E-state index contributed by atoms with van der Waals surface area (Å²) in [5, 5.41) is 4.81. The van der Waals surface area contributed by atoms with E-state index in [0.29, 0.717) is 19.4 Å². The minimum atomic E-state index is -0.347. The number of benzene rings is 1. The van der Waals surface area contributed by atoms with Crippen LogP contribution in [0.3, 0.4) is 0 Å². The number of carbonyl (C=O) groups is 2. The highest BCUT2D eigenvalue weighted by molar-refractivity contribution is 7.10. The van der Waals surface area contributed by atoms with Crippen molar-refractivity contribution < 1.29 is 19.1 Å². The Labute approximate surface area is 145 Å². The molecule has 5 nitrogen and oxygen atoms in total. The van der Waals surface area contributed by atoms with Crippen molar-refractivity contribution in [1.82, 2.24) is 5.32 Å². The molecule has 0 saturated heterocycles. The van der Waals surface area contributed by atoms with Gasteiger partial charge >= 0.3 is 5.97 Å². The average Bonchev–Trinajstić information content (AvgIpc) is 3.13. The molecule has 0 saturated carbocycles. The maximum atomic E-state index is 12.1. The predicted octanol–water partition coefficient (Wildman–Crippen LogP) is 3.33. The quantitative estimate of drug-likeness (QED) is 0.558. The Morgan fingerprint density at radius 3 is 2.62 bits per heavy atom. The lowest BCUT2D eigenvalue weighted by molar-refractivity contribution is -0.141. The number of para-hydroxylation sites is 1. The number of rotatable bonds is 9. The lowest BCUT2D eigenvalue weighted by Gasteiger charge is -2.16. The molecule has 1 atom stereocenters. The highest BCUT2D eigenvalue weighted by Gasteiger charge is 2.19. The van der Waals surface area contributed by atoms with E-state index in [1.54, 1.807) is 0 Å². The van der Waals surface area contributed by atoms with Crippen molar-refractivity contribution in [1.29, 1.82) is 0 Å². The number of ether oxygens (including phenoxy) is 2. The van der Waals surface area contributed by atoms with Crippen molar-refractivity contribution in [3.05, 3.63) is 52.7 Å². The van der Waals surface area contributed by atoms with Crippen molar-refractivity contribution in [3.63, 3.8) is 0 Å². The summed E-state index contributed by atoms with van der Waals surface area (Å²) in [6.45, 7) is 0.470. The van der Waals surface area contributed by atoms with E-state index in [1.165, 1.54) is 18.4 Å². The fraction of sp³-hybridized carbons (Fsp3) is 0.333. The van der Waals surface area contributed by atoms with Crippen molar-refractivity contribution in [2.75, 3.05) is 13.7 Å². The Kier molecular flexibility index (Phi) is 7.29. The Hall–Kier alpha value is -2.34. The van der Waals surface area contributed by atoms with Crippen LogP contribution in [0, 0.1) is 0 Å². The van der Waals surface area contributed by atoms with Crippen LogP contribution in [-0.4, -0.2) is 25.6 Å². The van der Waals surface area contributed by atoms with Crippen LogP contribution in [0.2, 0.25) is 0 Å². The number of methoxy groups -OCH3 is 1. The first-order valence-electron chi connectivity index (χ1n) is 7.76. The number of amides is 1. The summed E-state index contributed by atoms with van der Waals surface area (Å²) < 4.78 is 10.3. The van der Waals surface area contributed by atoms with Gasteiger partial charge in [-0.2, -0.15) is 0 Å². The third kappa shape index (κ3) is 6.04. The molecular weight excluding hydrogens is 326 g/mol. The third-order valence-corrected chi connectivity index (χ3v) is 4.37. The number of hydrogen-bond acceptors (Lipinski definition) is 5. The minimum absolute atomic E-state index is 0.103. The zero-order valence-electron chi connectivity index (χ0n) is 13.6. The molecule has 1 aromatic heterocycles. The van der Waals surface area contributed by atoms with Gasteiger partial charge in [-0.15, -0.1) is 11.3 Å².